The van der Waals surface area contributed by atoms with E-state index in [1.807, 2.05) is 18.2 Å². The van der Waals surface area contributed by atoms with Crippen molar-refractivity contribution in [2.24, 2.45) is 11.8 Å². The Bertz CT molecular complexity index is 438. The van der Waals surface area contributed by atoms with Crippen LogP contribution in [0.3, 0.4) is 0 Å². The second kappa shape index (κ2) is 12.8. The van der Waals surface area contributed by atoms with Crippen molar-refractivity contribution >= 4 is 8.03 Å². The van der Waals surface area contributed by atoms with E-state index in [-0.39, 0.29) is 11.8 Å². The summed E-state index contributed by atoms with van der Waals surface area (Å²) in [6, 6.07) is 0. The van der Waals surface area contributed by atoms with Gasteiger partial charge in [0.2, 0.25) is 0 Å². The normalized spacial score (nSPS) is 29.6. The van der Waals surface area contributed by atoms with Gasteiger partial charge in [0, 0.05) is 18.5 Å². The molecule has 25 heavy (non-hydrogen) atoms. The summed E-state index contributed by atoms with van der Waals surface area (Å²) >= 11 is 0. The summed E-state index contributed by atoms with van der Waals surface area (Å²) in [7, 11) is -2.38. The molecule has 0 radical (unpaired) electrons. The van der Waals surface area contributed by atoms with Crippen LogP contribution in [0.5, 0.6) is 0 Å². The van der Waals surface area contributed by atoms with Crippen LogP contribution in [-0.4, -0.2) is 44.7 Å². The number of unbranched alkanes of at least 4 members (excludes halogenated alkanes) is 3. The van der Waals surface area contributed by atoms with Gasteiger partial charge in [-0.25, -0.2) is 0 Å². The van der Waals surface area contributed by atoms with Gasteiger partial charge in [0.15, 0.2) is 8.03 Å². The van der Waals surface area contributed by atoms with Crippen molar-refractivity contribution in [2.45, 2.75) is 76.6 Å². The molecule has 146 valence electrons. The third kappa shape index (κ3) is 9.16. The maximum atomic E-state index is 10.6. The van der Waals surface area contributed by atoms with Crippen LogP contribution in [0, 0.1) is 11.8 Å². The summed E-state index contributed by atoms with van der Waals surface area (Å²) in [4.78, 5) is 8.79. The Hall–Kier alpha value is -0.450. The average Bonchev–Trinajstić information content (AvgIpc) is 2.82. The molecule has 0 spiro atoms. The first-order valence-corrected chi connectivity index (χ1v) is 11.1. The fourth-order valence-corrected chi connectivity index (χ4v) is 3.91. The highest BCUT2D eigenvalue weighted by atomic mass is 31.1. The van der Waals surface area contributed by atoms with Crippen LogP contribution in [0.4, 0.5) is 0 Å². The Balaban J connectivity index is 2.46. The van der Waals surface area contributed by atoms with Gasteiger partial charge in [-0.15, -0.1) is 0 Å². The van der Waals surface area contributed by atoms with Gasteiger partial charge in [0.25, 0.3) is 0 Å². The Morgan fingerprint density at radius 3 is 2.60 bits per heavy atom. The van der Waals surface area contributed by atoms with Crippen LogP contribution in [0.2, 0.25) is 0 Å². The maximum absolute atomic E-state index is 10.6. The van der Waals surface area contributed by atoms with Crippen molar-refractivity contribution in [3.8, 4) is 0 Å². The first-order valence-electron chi connectivity index (χ1n) is 9.55. The quantitative estimate of drug-likeness (QED) is 0.239. The lowest BCUT2D eigenvalue weighted by Gasteiger charge is -2.19. The third-order valence-corrected chi connectivity index (χ3v) is 5.69. The Labute approximate surface area is 152 Å². The van der Waals surface area contributed by atoms with Crippen LogP contribution in [0.1, 0.15) is 58.3 Å². The van der Waals surface area contributed by atoms with Gasteiger partial charge in [-0.3, -0.25) is 4.57 Å². The summed E-state index contributed by atoms with van der Waals surface area (Å²) in [5.74, 6) is -0.198. The molecule has 3 unspecified atom stereocenters. The van der Waals surface area contributed by atoms with Crippen LogP contribution < -0.4 is 0 Å². The molecule has 1 saturated carbocycles. The molecule has 0 aliphatic heterocycles. The largest absolute Gasteiger partial charge is 0.393 e. The van der Waals surface area contributed by atoms with Crippen molar-refractivity contribution in [3.05, 3.63) is 24.3 Å². The van der Waals surface area contributed by atoms with E-state index in [2.05, 4.69) is 6.92 Å². The van der Waals surface area contributed by atoms with Crippen LogP contribution in [-0.2, 0) is 4.57 Å². The first-order chi connectivity index (χ1) is 12.0. The number of hydrogen-bond donors (Lipinski definition) is 4. The van der Waals surface area contributed by atoms with Crippen molar-refractivity contribution in [1.29, 1.82) is 0 Å². The highest BCUT2D eigenvalue weighted by Gasteiger charge is 2.39. The fraction of sp³-hybridized carbons (Fsp3) is 0.789. The minimum atomic E-state index is -2.38. The molecule has 1 aliphatic rings. The first kappa shape index (κ1) is 22.6. The number of aliphatic hydroxyl groups is 3. The maximum Gasteiger partial charge on any atom is 0.189 e. The van der Waals surface area contributed by atoms with Crippen LogP contribution in [0.15, 0.2) is 24.3 Å². The molecule has 1 aliphatic carbocycles. The van der Waals surface area contributed by atoms with E-state index in [1.165, 1.54) is 0 Å². The molecule has 6 atom stereocenters. The predicted octanol–water partition coefficient (Wildman–Crippen LogP) is 3.04. The SMILES string of the molecule is CCCCCC(O)/C=C/C1[C@H](O)C[C@H](O)[C@@H]1C/C=C\CCC[PH](=O)O. The zero-order chi connectivity index (χ0) is 18.7. The average molecular weight is 374 g/mol. The smallest absolute Gasteiger partial charge is 0.189 e. The molecule has 1 fully saturated rings. The molecule has 0 aromatic carbocycles. The van der Waals surface area contributed by atoms with Gasteiger partial charge in [-0.1, -0.05) is 50.5 Å². The second-order valence-corrected chi connectivity index (χ2v) is 8.34. The van der Waals surface area contributed by atoms with Gasteiger partial charge < -0.3 is 20.2 Å². The van der Waals surface area contributed by atoms with E-state index in [0.29, 0.717) is 25.4 Å². The lowest BCUT2D eigenvalue weighted by molar-refractivity contribution is 0.120. The van der Waals surface area contributed by atoms with E-state index in [1.54, 1.807) is 6.08 Å². The van der Waals surface area contributed by atoms with Crippen molar-refractivity contribution < 1.29 is 24.8 Å². The van der Waals surface area contributed by atoms with Crippen molar-refractivity contribution in [2.75, 3.05) is 6.16 Å². The van der Waals surface area contributed by atoms with E-state index >= 15 is 0 Å². The Kier molecular flexibility index (Phi) is 11.6. The Morgan fingerprint density at radius 2 is 1.92 bits per heavy atom. The third-order valence-electron chi connectivity index (χ3n) is 4.91. The molecule has 1 rings (SSSR count). The summed E-state index contributed by atoms with van der Waals surface area (Å²) in [5.41, 5.74) is 0. The standard InChI is InChI=1S/C19H35O5P/c1-2-3-6-9-15(20)11-12-17-16(18(21)14-19(17)22)10-7-4-5-8-13-25(23)24/h4,7,11-12,15-22,25H,2-3,5-6,8-10,13-14H2,1H3,(H,23,24)/b7-4-,12-11+/t15?,16-,17?,18+,19-/m1/s1. The van der Waals surface area contributed by atoms with Gasteiger partial charge in [0.05, 0.1) is 18.3 Å². The van der Waals surface area contributed by atoms with E-state index in [0.717, 1.165) is 32.1 Å². The van der Waals surface area contributed by atoms with E-state index < -0.39 is 26.3 Å². The molecule has 0 aromatic rings. The molecule has 6 heteroatoms. The second-order valence-electron chi connectivity index (χ2n) is 7.05. The lowest BCUT2D eigenvalue weighted by Crippen LogP contribution is -2.20. The van der Waals surface area contributed by atoms with Gasteiger partial charge in [0.1, 0.15) is 0 Å². The van der Waals surface area contributed by atoms with Gasteiger partial charge in [-0.2, -0.15) is 0 Å². The topological polar surface area (TPSA) is 98.0 Å². The van der Waals surface area contributed by atoms with E-state index in [9.17, 15) is 19.9 Å². The van der Waals surface area contributed by atoms with Gasteiger partial charge in [-0.05, 0) is 31.6 Å². The monoisotopic (exact) mass is 374 g/mol. The number of rotatable bonds is 12. The number of aliphatic hydroxyl groups excluding tert-OH is 3. The lowest BCUT2D eigenvalue weighted by atomic mass is 9.89. The fourth-order valence-electron chi connectivity index (χ4n) is 3.41. The number of allylic oxidation sites excluding steroid dienone is 2. The molecule has 5 nitrogen and oxygen atoms in total. The molecule has 0 heterocycles. The van der Waals surface area contributed by atoms with Crippen molar-refractivity contribution in [3.63, 3.8) is 0 Å². The molecule has 0 aromatic heterocycles. The van der Waals surface area contributed by atoms with Crippen LogP contribution >= 0.6 is 8.03 Å². The minimum Gasteiger partial charge on any atom is -0.393 e. The highest BCUT2D eigenvalue weighted by Crippen LogP contribution is 2.36. The zero-order valence-electron chi connectivity index (χ0n) is 15.3. The molecule has 0 bridgehead atoms. The molecule has 4 N–H and O–H groups in total. The zero-order valence-corrected chi connectivity index (χ0v) is 16.3. The van der Waals surface area contributed by atoms with Crippen LogP contribution in [0.25, 0.3) is 0 Å². The summed E-state index contributed by atoms with van der Waals surface area (Å²) in [5, 5.41) is 30.4. The highest BCUT2D eigenvalue weighted by molar-refractivity contribution is 7.37. The summed E-state index contributed by atoms with van der Waals surface area (Å²) < 4.78 is 10.6. The predicted molar refractivity (Wildman–Crippen MR) is 102 cm³/mol. The summed E-state index contributed by atoms with van der Waals surface area (Å²) in [6.07, 6.45) is 12.7. The van der Waals surface area contributed by atoms with Gasteiger partial charge >= 0.3 is 0 Å². The number of hydrogen-bond acceptors (Lipinski definition) is 4. The molecule has 0 amide bonds. The molecule has 0 saturated heterocycles. The minimum absolute atomic E-state index is 0.0534. The summed E-state index contributed by atoms with van der Waals surface area (Å²) in [6.45, 7) is 2.13. The Morgan fingerprint density at radius 1 is 1.16 bits per heavy atom. The van der Waals surface area contributed by atoms with Crippen molar-refractivity contribution in [1.82, 2.24) is 0 Å². The molecular weight excluding hydrogens is 339 g/mol. The molecular formula is C19H35O5P. The van der Waals surface area contributed by atoms with E-state index in [4.69, 9.17) is 4.89 Å².